The summed E-state index contributed by atoms with van der Waals surface area (Å²) in [4.78, 5) is 18.7. The number of carbonyl (C=O) groups excluding carboxylic acids is 1. The molecular formula is C79H144F2N14O6S3. The van der Waals surface area contributed by atoms with Gasteiger partial charge in [0, 0.05) is 117 Å². The molecule has 1 heterocycles. The lowest BCUT2D eigenvalue weighted by molar-refractivity contribution is 0.254. The number of halogens is 2. The second-order valence-corrected chi connectivity index (χ2v) is 26.0. The number of amides is 2. The Morgan fingerprint density at radius 1 is 0.654 bits per heavy atom. The largest absolute Gasteiger partial charge is 0.400 e. The first-order valence-corrected chi connectivity index (χ1v) is 39.7. The molecule has 598 valence electrons. The van der Waals surface area contributed by atoms with E-state index in [1.165, 1.54) is 79.5 Å². The number of urea groups is 1. The Kier molecular flexibility index (Phi) is 114. The molecule has 12 N–H and O–H groups in total. The van der Waals surface area contributed by atoms with E-state index in [1.54, 1.807) is 71.1 Å². The normalized spacial score (nSPS) is 9.74. The highest BCUT2D eigenvalue weighted by atomic mass is 32.2. The van der Waals surface area contributed by atoms with Crippen molar-refractivity contribution in [3.05, 3.63) is 221 Å². The zero-order chi connectivity index (χ0) is 81.9. The van der Waals surface area contributed by atoms with Crippen LogP contribution in [0.15, 0.2) is 181 Å². The van der Waals surface area contributed by atoms with Crippen LogP contribution in [-0.2, 0) is 57.8 Å². The third-order valence-electron chi connectivity index (χ3n) is 10.6. The number of sulfone groups is 1. The molecule has 0 unspecified atom stereocenters. The van der Waals surface area contributed by atoms with Crippen LogP contribution in [0.25, 0.3) is 0 Å². The van der Waals surface area contributed by atoms with Gasteiger partial charge in [0.1, 0.15) is 21.5 Å². The van der Waals surface area contributed by atoms with Crippen LogP contribution in [0.2, 0.25) is 0 Å². The Hall–Kier alpha value is -6.84. The number of aliphatic hydroxyl groups excluding tert-OH is 1. The van der Waals surface area contributed by atoms with Crippen LogP contribution in [-0.4, -0.2) is 230 Å². The number of likely N-dealkylation sites (N-methyl/N-ethyl adjacent to an activating group) is 2. The molecule has 7 rings (SSSR count). The molecule has 1 aliphatic heterocycles. The fourth-order valence-electron chi connectivity index (χ4n) is 6.33. The number of para-hydroxylation sites is 1. The third kappa shape index (κ3) is 119. The molecule has 1 saturated heterocycles. The summed E-state index contributed by atoms with van der Waals surface area (Å²) < 4.78 is 57.7. The molecule has 1 aliphatic rings. The first-order chi connectivity index (χ1) is 49.7. The molecule has 0 aromatic heterocycles. The molecule has 0 atom stereocenters. The highest BCUT2D eigenvalue weighted by molar-refractivity contribution is 7.97. The lowest BCUT2D eigenvalue weighted by atomic mass is 10.1. The predicted octanol–water partition coefficient (Wildman–Crippen LogP) is 11.3. The second-order valence-electron chi connectivity index (χ2n) is 21.4. The predicted molar refractivity (Wildman–Crippen MR) is 456 cm³/mol. The van der Waals surface area contributed by atoms with Gasteiger partial charge in [0.05, 0.1) is 18.0 Å². The summed E-state index contributed by atoms with van der Waals surface area (Å²) in [5.74, 6) is -0.334. The van der Waals surface area contributed by atoms with Crippen molar-refractivity contribution in [1.82, 2.24) is 52.3 Å². The monoisotopic (exact) mass is 1520 g/mol. The molecule has 6 aromatic carbocycles. The fourth-order valence-corrected chi connectivity index (χ4v) is 6.33. The molecule has 0 spiro atoms. The van der Waals surface area contributed by atoms with Gasteiger partial charge in [0.25, 0.3) is 0 Å². The summed E-state index contributed by atoms with van der Waals surface area (Å²) in [6.07, 6.45) is 19.4. The van der Waals surface area contributed by atoms with Gasteiger partial charge in [-0.15, -0.1) is 6.58 Å². The molecule has 0 aliphatic carbocycles. The molecule has 25 heteroatoms. The van der Waals surface area contributed by atoms with Gasteiger partial charge in [-0.1, -0.05) is 142 Å². The Morgan fingerprint density at radius 2 is 0.971 bits per heavy atom. The van der Waals surface area contributed by atoms with Crippen molar-refractivity contribution in [2.75, 3.05) is 196 Å². The van der Waals surface area contributed by atoms with E-state index in [2.05, 4.69) is 138 Å². The first kappa shape index (κ1) is 118. The minimum absolute atomic E-state index is 0.153. The second kappa shape index (κ2) is 100. The van der Waals surface area contributed by atoms with E-state index in [4.69, 9.17) is 10.4 Å². The van der Waals surface area contributed by atoms with Gasteiger partial charge in [-0.05, 0) is 211 Å². The number of ether oxygens (including phenoxy) is 1. The van der Waals surface area contributed by atoms with Crippen molar-refractivity contribution in [3.8, 4) is 6.07 Å². The van der Waals surface area contributed by atoms with Crippen LogP contribution in [0, 0.1) is 23.0 Å². The standard InChI is InChI=1S/C9H11F.C9H10N2.C9H13N.C8H10FN.C8H10N2O.C8H11N.C5H11N.C4H10N2.C4H9N.C3H9N.C2H7N.C2H6O2S.C2H6OS.C2H6O.C2H6S.CH5N.CH4O/c1-2-3-8-4-6-9(10)7-5-8;1-11-7-9-4-2-8(6-10)3-5-9;1-10-8-7-9-5-3-2-4-6-9;1-10-6-7-2-4-8(9)5-3-7;1-9-8(11)10-7-5-3-2-4-6-7;1-9-7-8-5-3-2-4-6-8;1-6-4-2-3-5-6;1-5-4-6(2)3;1-3-4-5-2;1-3-4-2;1-3-2;1-5(2,3)4;1-4(2)3;2*1-3-2;2*1-2/h4-7H,2-3H2,1H3;2-5,11H,7H2,1H3;2-6,10H,7-8H2,1H3;2-5,10H,6H2,1H3;2-6H,1H3,(H2,9,10,11);2-6,9H,7H2,1H3;2-5H2,1H3;4H,1-3H3;3,5H,1,4H2,2H3;4H,3H2,1-2H3;3H,1-2H3;1-2H3;1-2H3;2*1-2H3;2H2,1H3;2H,1H3. The van der Waals surface area contributed by atoms with Crippen LogP contribution >= 0.6 is 11.8 Å². The lowest BCUT2D eigenvalue weighted by Crippen LogP contribution is -2.24. The van der Waals surface area contributed by atoms with E-state index in [-0.39, 0.29) is 17.7 Å². The minimum Gasteiger partial charge on any atom is -0.400 e. The number of hydrogen-bond acceptors (Lipinski definition) is 18. The van der Waals surface area contributed by atoms with Crippen molar-refractivity contribution in [1.29, 1.82) is 5.26 Å². The van der Waals surface area contributed by atoms with Crippen LogP contribution in [0.4, 0.5) is 19.3 Å². The molecule has 0 saturated carbocycles. The number of anilines is 1. The van der Waals surface area contributed by atoms with Crippen LogP contribution < -0.4 is 53.6 Å². The number of likely N-dealkylation sites (tertiary alicyclic amines) is 1. The summed E-state index contributed by atoms with van der Waals surface area (Å²) in [5.41, 5.74) is 12.3. The lowest BCUT2D eigenvalue weighted by Gasteiger charge is -2.01. The molecule has 0 bridgehead atoms. The Labute approximate surface area is 639 Å². The number of methoxy groups -OCH3 is 1. The number of nitrogens with one attached hydrogen (secondary N) is 9. The molecule has 104 heavy (non-hydrogen) atoms. The van der Waals surface area contributed by atoms with Gasteiger partial charge in [-0.3, -0.25) is 9.20 Å². The molecule has 2 amide bonds. The third-order valence-corrected chi connectivity index (χ3v) is 10.6. The fraction of sp³-hybridized carbons (Fsp3) is 0.481. The summed E-state index contributed by atoms with van der Waals surface area (Å²) in [5, 5.41) is 41.4. The van der Waals surface area contributed by atoms with Gasteiger partial charge in [0.2, 0.25) is 0 Å². The van der Waals surface area contributed by atoms with Crippen molar-refractivity contribution in [2.45, 2.75) is 65.6 Å². The van der Waals surface area contributed by atoms with Crippen LogP contribution in [0.3, 0.4) is 0 Å². The number of nitriles is 1. The summed E-state index contributed by atoms with van der Waals surface area (Å²) >= 11 is 1.75. The van der Waals surface area contributed by atoms with Gasteiger partial charge in [-0.25, -0.2) is 22.0 Å². The van der Waals surface area contributed by atoms with Crippen LogP contribution in [0.1, 0.15) is 66.5 Å². The SMILES string of the molecule is C=CCNC.CCCc1ccc(F)cc1.CCNC.CN.CN1CCCC1.CN=CN(C)C.CNC.CNC(=O)Nc1ccccc1.CNCCc1ccccc1.CNCc1ccc(C#N)cc1.CNCc1ccc(F)cc1.CNCc1ccccc1.CO.COC.CS(C)(=O)=O.CS(C)=O.CSC. The maximum atomic E-state index is 12.3. The number of carbonyl (C=O) groups is 1. The Morgan fingerprint density at radius 3 is 1.21 bits per heavy atom. The topological polar surface area (TPSA) is 275 Å². The molecule has 20 nitrogen and oxygen atoms in total. The molecule has 1 fully saturated rings. The van der Waals surface area contributed by atoms with E-state index in [9.17, 15) is 26.2 Å². The average molecular weight is 1520 g/mol. The number of thioether (sulfide) groups is 1. The smallest absolute Gasteiger partial charge is 0.318 e. The Balaban J connectivity index is -0.000000115. The molecular weight excluding hydrogens is 1380 g/mol. The van der Waals surface area contributed by atoms with Gasteiger partial charge < -0.3 is 73.2 Å². The minimum atomic E-state index is -2.67. The van der Waals surface area contributed by atoms with Crippen molar-refractivity contribution < 1.29 is 36.0 Å². The van der Waals surface area contributed by atoms with E-state index < -0.39 is 20.6 Å². The maximum Gasteiger partial charge on any atom is 0.318 e. The highest BCUT2D eigenvalue weighted by Crippen LogP contribution is 2.07. The average Bonchev–Trinajstić information content (AvgIpc) is 1.06. The highest BCUT2D eigenvalue weighted by Gasteiger charge is 2.03. The zero-order valence-corrected chi connectivity index (χ0v) is 70.9. The molecule has 6 aromatic rings. The van der Waals surface area contributed by atoms with E-state index in [0.717, 1.165) is 89.4 Å². The van der Waals surface area contributed by atoms with Crippen LogP contribution in [0.5, 0.6) is 0 Å². The van der Waals surface area contributed by atoms with Gasteiger partial charge in [0.15, 0.2) is 0 Å². The quantitative estimate of drug-likeness (QED) is 0.0244. The number of rotatable bonds is 16. The number of aliphatic hydroxyl groups is 1. The number of aliphatic imine (C=N–C) groups is 1. The Bertz CT molecular complexity index is 2740. The molecule has 0 radical (unpaired) electrons. The zero-order valence-electron chi connectivity index (χ0n) is 68.5. The number of nitrogens with two attached hydrogens (primary N) is 1. The number of benzene rings is 6. The van der Waals surface area contributed by atoms with E-state index in [0.29, 0.717) is 5.56 Å². The van der Waals surface area contributed by atoms with E-state index >= 15 is 0 Å². The first-order valence-electron chi connectivity index (χ1n) is 33.8. The number of nitrogens with zero attached hydrogens (tertiary/aromatic N) is 4. The van der Waals surface area contributed by atoms with E-state index in [1.807, 2.05) is 185 Å². The summed E-state index contributed by atoms with van der Waals surface area (Å²) in [6.45, 7) is 15.9. The summed E-state index contributed by atoms with van der Waals surface area (Å²) in [6, 6.07) is 52.7. The van der Waals surface area contributed by atoms with Crippen molar-refractivity contribution >= 4 is 50.5 Å². The van der Waals surface area contributed by atoms with Crippen molar-refractivity contribution in [3.63, 3.8) is 0 Å². The maximum absolute atomic E-state index is 12.3. The van der Waals surface area contributed by atoms with Crippen molar-refractivity contribution in [2.24, 2.45) is 10.7 Å². The summed E-state index contributed by atoms with van der Waals surface area (Å²) in [7, 11) is 27.1. The number of aryl methyl sites for hydroxylation is 1. The van der Waals surface area contributed by atoms with Gasteiger partial charge >= 0.3 is 6.03 Å². The number of hydrogen-bond donors (Lipinski definition) is 11. The van der Waals surface area contributed by atoms with Gasteiger partial charge in [-0.2, -0.15) is 17.0 Å².